The first-order valence-electron chi connectivity index (χ1n) is 13.1. The first kappa shape index (κ1) is 25.3. The molecular formula is C32H27N3O5. The van der Waals surface area contributed by atoms with Crippen LogP contribution in [-0.4, -0.2) is 16.6 Å². The van der Waals surface area contributed by atoms with Gasteiger partial charge in [0.05, 0.1) is 21.9 Å². The third-order valence-corrected chi connectivity index (χ3v) is 7.40. The molecule has 1 N–H and O–H groups in total. The highest BCUT2D eigenvalue weighted by Gasteiger charge is 2.44. The van der Waals surface area contributed by atoms with Crippen molar-refractivity contribution in [3.05, 3.63) is 124 Å². The summed E-state index contributed by atoms with van der Waals surface area (Å²) in [5.41, 5.74) is 2.91. The number of allylic oxidation sites excluding steroid dienone is 1. The highest BCUT2D eigenvalue weighted by molar-refractivity contribution is 6.11. The molecule has 1 atom stereocenters. The van der Waals surface area contributed by atoms with E-state index in [0.29, 0.717) is 46.7 Å². The summed E-state index contributed by atoms with van der Waals surface area (Å²) >= 11 is 0. The molecule has 8 heteroatoms. The van der Waals surface area contributed by atoms with Crippen LogP contribution in [0.25, 0.3) is 11.3 Å². The molecule has 1 aromatic heterocycles. The van der Waals surface area contributed by atoms with E-state index in [0.717, 1.165) is 5.70 Å². The molecule has 0 radical (unpaired) electrons. The Hall–Kier alpha value is -4.98. The molecule has 0 saturated carbocycles. The van der Waals surface area contributed by atoms with E-state index in [1.807, 2.05) is 30.3 Å². The minimum absolute atomic E-state index is 0.0777. The van der Waals surface area contributed by atoms with Gasteiger partial charge in [0, 0.05) is 29.3 Å². The van der Waals surface area contributed by atoms with Gasteiger partial charge in [0.15, 0.2) is 5.78 Å². The Balaban J connectivity index is 1.59. The number of anilines is 2. The van der Waals surface area contributed by atoms with Gasteiger partial charge in [-0.15, -0.1) is 0 Å². The third-order valence-electron chi connectivity index (χ3n) is 7.40. The highest BCUT2D eigenvalue weighted by atomic mass is 16.6. The number of hydrogen-bond donors (Lipinski definition) is 1. The summed E-state index contributed by atoms with van der Waals surface area (Å²) < 4.78 is 6.32. The van der Waals surface area contributed by atoms with E-state index in [-0.39, 0.29) is 28.6 Å². The number of rotatable bonds is 4. The Morgan fingerprint density at radius 2 is 1.65 bits per heavy atom. The second-order valence-electron chi connectivity index (χ2n) is 10.9. The number of hydrogen-bond acceptors (Lipinski definition) is 6. The van der Waals surface area contributed by atoms with Gasteiger partial charge < -0.3 is 9.73 Å². The number of furan rings is 1. The molecule has 2 heterocycles. The average molecular weight is 534 g/mol. The smallest absolute Gasteiger partial charge is 0.280 e. The van der Waals surface area contributed by atoms with Gasteiger partial charge in [-0.1, -0.05) is 56.3 Å². The molecule has 0 saturated heterocycles. The van der Waals surface area contributed by atoms with Crippen molar-refractivity contribution in [2.75, 3.05) is 10.2 Å². The summed E-state index contributed by atoms with van der Waals surface area (Å²) in [5, 5.41) is 15.2. The number of para-hydroxylation sites is 3. The second-order valence-corrected chi connectivity index (χ2v) is 10.9. The molecule has 0 spiro atoms. The lowest BCUT2D eigenvalue weighted by atomic mass is 9.74. The summed E-state index contributed by atoms with van der Waals surface area (Å²) in [6, 6.07) is 25.2. The Morgan fingerprint density at radius 1 is 0.950 bits per heavy atom. The number of carbonyl (C=O) groups is 2. The van der Waals surface area contributed by atoms with Crippen LogP contribution in [0.1, 0.15) is 48.8 Å². The minimum Gasteiger partial charge on any atom is -0.458 e. The number of nitro benzene ring substituents is 1. The summed E-state index contributed by atoms with van der Waals surface area (Å²) in [6.07, 6.45) is 0.912. The minimum atomic E-state index is -0.890. The number of fused-ring (bicyclic) bond motifs is 1. The van der Waals surface area contributed by atoms with E-state index in [4.69, 9.17) is 4.42 Å². The largest absolute Gasteiger partial charge is 0.458 e. The maximum Gasteiger partial charge on any atom is 0.280 e. The number of ketones is 1. The molecule has 40 heavy (non-hydrogen) atoms. The van der Waals surface area contributed by atoms with Crippen molar-refractivity contribution < 1.29 is 18.9 Å². The number of amides is 1. The average Bonchev–Trinajstić information content (AvgIpc) is 3.37. The van der Waals surface area contributed by atoms with E-state index in [2.05, 4.69) is 19.2 Å². The van der Waals surface area contributed by atoms with Crippen molar-refractivity contribution in [2.45, 2.75) is 32.7 Å². The second kappa shape index (κ2) is 9.64. The zero-order valence-corrected chi connectivity index (χ0v) is 22.1. The van der Waals surface area contributed by atoms with Crippen LogP contribution in [0.3, 0.4) is 0 Å². The van der Waals surface area contributed by atoms with Gasteiger partial charge >= 0.3 is 0 Å². The fraction of sp³-hybridized carbons (Fsp3) is 0.188. The monoisotopic (exact) mass is 533 g/mol. The molecule has 200 valence electrons. The van der Waals surface area contributed by atoms with Crippen LogP contribution in [0.5, 0.6) is 0 Å². The summed E-state index contributed by atoms with van der Waals surface area (Å²) in [7, 11) is 0. The lowest BCUT2D eigenvalue weighted by Crippen LogP contribution is -2.39. The van der Waals surface area contributed by atoms with Crippen LogP contribution in [0, 0.1) is 15.5 Å². The molecule has 2 aliphatic rings. The molecule has 1 aliphatic heterocycles. The maximum atomic E-state index is 14.3. The Bertz CT molecular complexity index is 1690. The number of nitrogens with zero attached hydrogens (tertiary/aromatic N) is 2. The lowest BCUT2D eigenvalue weighted by molar-refractivity contribution is -0.384. The molecule has 1 aliphatic carbocycles. The Kier molecular flexibility index (Phi) is 6.10. The zero-order valence-electron chi connectivity index (χ0n) is 22.1. The molecule has 1 unspecified atom stereocenters. The van der Waals surface area contributed by atoms with Gasteiger partial charge in [0.2, 0.25) is 0 Å². The first-order chi connectivity index (χ1) is 19.2. The van der Waals surface area contributed by atoms with Crippen LogP contribution in [0.15, 0.2) is 107 Å². The summed E-state index contributed by atoms with van der Waals surface area (Å²) in [5.74, 6) is 0.253. The first-order valence-corrected chi connectivity index (χ1v) is 13.1. The zero-order chi connectivity index (χ0) is 28.0. The Labute approximate surface area is 231 Å². The molecule has 0 fully saturated rings. The van der Waals surface area contributed by atoms with E-state index in [1.165, 1.54) is 6.07 Å². The van der Waals surface area contributed by atoms with Crippen LogP contribution in [0.4, 0.5) is 17.1 Å². The van der Waals surface area contributed by atoms with E-state index in [1.54, 1.807) is 59.5 Å². The predicted octanol–water partition coefficient (Wildman–Crippen LogP) is 7.31. The van der Waals surface area contributed by atoms with Crippen LogP contribution in [0.2, 0.25) is 0 Å². The number of nitrogens with one attached hydrogen (secondary N) is 1. The van der Waals surface area contributed by atoms with Crippen LogP contribution < -0.4 is 10.2 Å². The normalized spacial score (nSPS) is 17.9. The van der Waals surface area contributed by atoms with Gasteiger partial charge in [-0.05, 0) is 54.3 Å². The van der Waals surface area contributed by atoms with Crippen molar-refractivity contribution in [3.8, 4) is 11.3 Å². The fourth-order valence-corrected chi connectivity index (χ4v) is 5.69. The van der Waals surface area contributed by atoms with E-state index >= 15 is 0 Å². The number of benzene rings is 3. The molecule has 0 bridgehead atoms. The maximum absolute atomic E-state index is 14.3. The SMILES string of the molecule is CC1(C)CC(=O)C2=C(C1)Nc1ccccc1N(C(=O)c1ccccc1)C2c1ccc(-c2ccccc2[N+](=O)[O-])o1. The fourth-order valence-electron chi connectivity index (χ4n) is 5.69. The summed E-state index contributed by atoms with van der Waals surface area (Å²) in [4.78, 5) is 41.0. The summed E-state index contributed by atoms with van der Waals surface area (Å²) in [6.45, 7) is 4.10. The van der Waals surface area contributed by atoms with Crippen molar-refractivity contribution in [1.82, 2.24) is 0 Å². The van der Waals surface area contributed by atoms with Crippen LogP contribution >= 0.6 is 0 Å². The van der Waals surface area contributed by atoms with Gasteiger partial charge in [-0.25, -0.2) is 0 Å². The standard InChI is InChI=1S/C32H27N3O5/c1-32(2)18-23-29(26(36)19-32)30(28-17-16-27(40-28)21-12-6-8-14-24(21)35(38)39)34(25-15-9-7-13-22(25)33-23)31(37)20-10-4-3-5-11-20/h3-17,30,33H,18-19H2,1-2H3. The van der Waals surface area contributed by atoms with Gasteiger partial charge in [-0.2, -0.15) is 0 Å². The van der Waals surface area contributed by atoms with Crippen molar-refractivity contribution in [3.63, 3.8) is 0 Å². The molecule has 8 nitrogen and oxygen atoms in total. The lowest BCUT2D eigenvalue weighted by Gasteiger charge is -2.36. The van der Waals surface area contributed by atoms with Gasteiger partial charge in [0.25, 0.3) is 11.6 Å². The number of carbonyl (C=O) groups excluding carboxylic acids is 2. The topological polar surface area (TPSA) is 106 Å². The van der Waals surface area contributed by atoms with Gasteiger partial charge in [-0.3, -0.25) is 24.6 Å². The van der Waals surface area contributed by atoms with Crippen LogP contribution in [-0.2, 0) is 4.79 Å². The molecule has 4 aromatic rings. The number of nitro groups is 1. The molecule has 6 rings (SSSR count). The van der Waals surface area contributed by atoms with Crippen molar-refractivity contribution in [2.24, 2.45) is 5.41 Å². The van der Waals surface area contributed by atoms with E-state index in [9.17, 15) is 19.7 Å². The quantitative estimate of drug-likeness (QED) is 0.218. The Morgan fingerprint density at radius 3 is 2.42 bits per heavy atom. The van der Waals surface area contributed by atoms with Crippen molar-refractivity contribution >= 4 is 28.8 Å². The molecule has 1 amide bonds. The highest BCUT2D eigenvalue weighted by Crippen LogP contribution is 2.49. The molecule has 3 aromatic carbocycles. The van der Waals surface area contributed by atoms with Gasteiger partial charge in [0.1, 0.15) is 17.6 Å². The third kappa shape index (κ3) is 4.37. The number of Topliss-reactive ketones (excluding diaryl/α,β-unsaturated/α-hetero) is 1. The molecular weight excluding hydrogens is 506 g/mol. The van der Waals surface area contributed by atoms with E-state index < -0.39 is 11.0 Å². The predicted molar refractivity (Wildman–Crippen MR) is 152 cm³/mol. The van der Waals surface area contributed by atoms with Crippen molar-refractivity contribution in [1.29, 1.82) is 0 Å².